The summed E-state index contributed by atoms with van der Waals surface area (Å²) in [6.45, 7) is 4.26. The molecule has 3 amide bonds. The minimum atomic E-state index is -1.39. The van der Waals surface area contributed by atoms with Crippen molar-refractivity contribution in [3.05, 3.63) is 29.8 Å². The van der Waals surface area contributed by atoms with Gasteiger partial charge in [0.15, 0.2) is 5.82 Å². The average Bonchev–Trinajstić information content (AvgIpc) is 3.18. The predicted molar refractivity (Wildman–Crippen MR) is 112 cm³/mol. The Balaban J connectivity index is 1.70. The number of hydrogen-bond donors (Lipinski definition) is 4. The van der Waals surface area contributed by atoms with Gasteiger partial charge in [-0.1, -0.05) is 13.0 Å². The summed E-state index contributed by atoms with van der Waals surface area (Å²) in [5, 5.41) is 14.0. The third-order valence-electron chi connectivity index (χ3n) is 5.66. The first-order valence-corrected chi connectivity index (χ1v) is 10.5. The van der Waals surface area contributed by atoms with Crippen LogP contribution in [0, 0.1) is 5.82 Å². The molecule has 4 N–H and O–H groups in total. The third kappa shape index (κ3) is 5.31. The molecule has 9 nitrogen and oxygen atoms in total. The summed E-state index contributed by atoms with van der Waals surface area (Å²) < 4.78 is 13.9. The number of para-hydroxylation sites is 1. The number of nitrogens with zero attached hydrogens (tertiary/aromatic N) is 2. The lowest BCUT2D eigenvalue weighted by Crippen LogP contribution is -2.51. The Kier molecular flexibility index (Phi) is 7.09. The Labute approximate surface area is 179 Å². The number of halogens is 1. The minimum absolute atomic E-state index is 0.110. The molecule has 1 aromatic heterocycles. The van der Waals surface area contributed by atoms with Crippen molar-refractivity contribution in [3.63, 3.8) is 0 Å². The van der Waals surface area contributed by atoms with Gasteiger partial charge in [0.05, 0.1) is 18.0 Å². The highest BCUT2D eigenvalue weighted by atomic mass is 19.1. The molecule has 10 heteroatoms. The van der Waals surface area contributed by atoms with Gasteiger partial charge in [0.1, 0.15) is 17.4 Å². The number of rotatable bonds is 7. The van der Waals surface area contributed by atoms with Gasteiger partial charge in [-0.25, -0.2) is 14.2 Å². The van der Waals surface area contributed by atoms with Gasteiger partial charge in [0.25, 0.3) is 0 Å². The fourth-order valence-corrected chi connectivity index (χ4v) is 4.01. The zero-order valence-corrected chi connectivity index (χ0v) is 17.7. The van der Waals surface area contributed by atoms with Crippen LogP contribution in [-0.2, 0) is 9.59 Å². The zero-order chi connectivity index (χ0) is 22.5. The van der Waals surface area contributed by atoms with E-state index in [1.807, 2.05) is 6.92 Å². The van der Waals surface area contributed by atoms with Crippen LogP contribution in [0.15, 0.2) is 18.2 Å². The number of fused-ring (bicyclic) bond motifs is 1. The standard InChI is InChI=1S/C21H28FN5O4/c1-3-13-7-4-5-10-27(13)17(28)11-16(25-21(30)31)20(29)23-12(2)19-24-15-9-6-8-14(22)18(15)26-19/h6,8-9,12-13,16,25H,3-5,7,10-11H2,1-2H3,(H,23,29)(H,24,26)(H,30,31)/t12-,13?,16?/m0/s1. The molecule has 1 saturated heterocycles. The molecule has 0 saturated carbocycles. The Morgan fingerprint density at radius 3 is 2.77 bits per heavy atom. The lowest BCUT2D eigenvalue weighted by Gasteiger charge is -2.36. The number of carbonyl (C=O) groups is 3. The van der Waals surface area contributed by atoms with Gasteiger partial charge in [-0.2, -0.15) is 0 Å². The highest BCUT2D eigenvalue weighted by Gasteiger charge is 2.31. The van der Waals surface area contributed by atoms with Gasteiger partial charge in [0.2, 0.25) is 11.8 Å². The van der Waals surface area contributed by atoms with Gasteiger partial charge < -0.3 is 25.6 Å². The van der Waals surface area contributed by atoms with E-state index in [1.54, 1.807) is 24.0 Å². The minimum Gasteiger partial charge on any atom is -0.465 e. The number of carboxylic acid groups (broad SMARTS) is 1. The Morgan fingerprint density at radius 1 is 1.32 bits per heavy atom. The molecule has 1 aromatic carbocycles. The number of carbonyl (C=O) groups excluding carboxylic acids is 2. The maximum absolute atomic E-state index is 13.9. The normalized spacial score (nSPS) is 18.4. The topological polar surface area (TPSA) is 127 Å². The van der Waals surface area contributed by atoms with E-state index in [-0.39, 0.29) is 23.9 Å². The van der Waals surface area contributed by atoms with Crippen molar-refractivity contribution in [2.45, 2.75) is 64.1 Å². The first kappa shape index (κ1) is 22.5. The summed E-state index contributed by atoms with van der Waals surface area (Å²) in [5.41, 5.74) is 0.645. The molecule has 2 aromatic rings. The second-order valence-corrected chi connectivity index (χ2v) is 7.84. The molecule has 1 aliphatic rings. The van der Waals surface area contributed by atoms with Gasteiger partial charge >= 0.3 is 6.09 Å². The van der Waals surface area contributed by atoms with E-state index < -0.39 is 29.9 Å². The molecular weight excluding hydrogens is 405 g/mol. The SMILES string of the molecule is CCC1CCCCN1C(=O)CC(NC(=O)O)C(=O)N[C@@H](C)c1nc2c(F)cccc2[nH]1. The van der Waals surface area contributed by atoms with E-state index in [4.69, 9.17) is 5.11 Å². The van der Waals surface area contributed by atoms with Crippen LogP contribution >= 0.6 is 0 Å². The van der Waals surface area contributed by atoms with E-state index in [2.05, 4.69) is 20.6 Å². The number of aromatic amines is 1. The average molecular weight is 433 g/mol. The number of benzene rings is 1. The smallest absolute Gasteiger partial charge is 0.405 e. The van der Waals surface area contributed by atoms with Gasteiger partial charge in [0, 0.05) is 12.6 Å². The molecule has 0 aliphatic carbocycles. The maximum atomic E-state index is 13.9. The van der Waals surface area contributed by atoms with Crippen LogP contribution in [0.5, 0.6) is 0 Å². The molecular formula is C21H28FN5O4. The molecule has 2 unspecified atom stereocenters. The van der Waals surface area contributed by atoms with Crippen LogP contribution in [0.3, 0.4) is 0 Å². The van der Waals surface area contributed by atoms with Crippen LogP contribution in [-0.4, -0.2) is 56.5 Å². The molecule has 2 heterocycles. The van der Waals surface area contributed by atoms with Crippen LogP contribution in [0.25, 0.3) is 11.0 Å². The number of likely N-dealkylation sites (tertiary alicyclic amines) is 1. The predicted octanol–water partition coefficient (Wildman–Crippen LogP) is 2.70. The number of nitrogens with one attached hydrogen (secondary N) is 3. The maximum Gasteiger partial charge on any atom is 0.405 e. The van der Waals surface area contributed by atoms with Crippen LogP contribution in [0.4, 0.5) is 9.18 Å². The monoisotopic (exact) mass is 433 g/mol. The van der Waals surface area contributed by atoms with Crippen LogP contribution in [0.2, 0.25) is 0 Å². The summed E-state index contributed by atoms with van der Waals surface area (Å²) >= 11 is 0. The summed E-state index contributed by atoms with van der Waals surface area (Å²) in [6, 6.07) is 2.72. The van der Waals surface area contributed by atoms with Gasteiger partial charge in [-0.05, 0) is 44.7 Å². The van der Waals surface area contributed by atoms with Crippen molar-refractivity contribution >= 4 is 28.9 Å². The number of H-pyrrole nitrogens is 1. The Hall–Kier alpha value is -3.17. The van der Waals surface area contributed by atoms with E-state index in [1.165, 1.54) is 6.07 Å². The molecule has 0 radical (unpaired) electrons. The van der Waals surface area contributed by atoms with Crippen molar-refractivity contribution in [2.24, 2.45) is 0 Å². The van der Waals surface area contributed by atoms with Crippen molar-refractivity contribution in [1.29, 1.82) is 0 Å². The van der Waals surface area contributed by atoms with Crippen LogP contribution < -0.4 is 10.6 Å². The summed E-state index contributed by atoms with van der Waals surface area (Å²) in [7, 11) is 0. The first-order chi connectivity index (χ1) is 14.8. The molecule has 1 fully saturated rings. The molecule has 0 bridgehead atoms. The third-order valence-corrected chi connectivity index (χ3v) is 5.66. The number of hydrogen-bond acceptors (Lipinski definition) is 4. The number of aromatic nitrogens is 2. The molecule has 3 atom stereocenters. The highest BCUT2D eigenvalue weighted by Crippen LogP contribution is 2.21. The Bertz CT molecular complexity index is 962. The lowest BCUT2D eigenvalue weighted by atomic mass is 9.99. The number of piperidine rings is 1. The van der Waals surface area contributed by atoms with Gasteiger partial charge in [-0.3, -0.25) is 9.59 Å². The van der Waals surface area contributed by atoms with Crippen molar-refractivity contribution in [1.82, 2.24) is 25.5 Å². The molecule has 1 aliphatic heterocycles. The van der Waals surface area contributed by atoms with E-state index >= 15 is 0 Å². The fraction of sp³-hybridized carbons (Fsp3) is 0.524. The summed E-state index contributed by atoms with van der Waals surface area (Å²) in [4.78, 5) is 45.7. The molecule has 31 heavy (non-hydrogen) atoms. The lowest BCUT2D eigenvalue weighted by molar-refractivity contribution is -0.138. The number of imidazole rings is 1. The summed E-state index contributed by atoms with van der Waals surface area (Å²) in [5.74, 6) is -1.05. The van der Waals surface area contributed by atoms with E-state index in [0.29, 0.717) is 17.9 Å². The zero-order valence-electron chi connectivity index (χ0n) is 17.7. The second-order valence-electron chi connectivity index (χ2n) is 7.84. The largest absolute Gasteiger partial charge is 0.465 e. The van der Waals surface area contributed by atoms with E-state index in [0.717, 1.165) is 25.7 Å². The second kappa shape index (κ2) is 9.76. The first-order valence-electron chi connectivity index (χ1n) is 10.5. The molecule has 168 valence electrons. The Morgan fingerprint density at radius 2 is 2.10 bits per heavy atom. The van der Waals surface area contributed by atoms with Crippen molar-refractivity contribution in [3.8, 4) is 0 Å². The van der Waals surface area contributed by atoms with E-state index in [9.17, 15) is 18.8 Å². The van der Waals surface area contributed by atoms with Crippen molar-refractivity contribution < 1.29 is 23.9 Å². The van der Waals surface area contributed by atoms with Crippen molar-refractivity contribution in [2.75, 3.05) is 6.54 Å². The fourth-order valence-electron chi connectivity index (χ4n) is 4.01. The van der Waals surface area contributed by atoms with Gasteiger partial charge in [-0.15, -0.1) is 0 Å². The van der Waals surface area contributed by atoms with Crippen LogP contribution in [0.1, 0.15) is 57.8 Å². The summed E-state index contributed by atoms with van der Waals surface area (Å²) in [6.07, 6.45) is 2.01. The molecule has 3 rings (SSSR count). The highest BCUT2D eigenvalue weighted by molar-refractivity contribution is 5.91. The quantitative estimate of drug-likeness (QED) is 0.534. The molecule has 0 spiro atoms. The number of amides is 3.